The molecule has 0 bridgehead atoms. The van der Waals surface area contributed by atoms with Crippen molar-refractivity contribution in [1.82, 2.24) is 9.88 Å². The number of aromatic nitrogens is 1. The molecule has 1 saturated heterocycles. The van der Waals surface area contributed by atoms with Crippen LogP contribution in [0.15, 0.2) is 12.1 Å². The van der Waals surface area contributed by atoms with E-state index in [0.717, 1.165) is 12.8 Å². The highest BCUT2D eigenvalue weighted by atomic mass is 19.3. The lowest BCUT2D eigenvalue weighted by atomic mass is 10.0. The number of hydrogen-bond acceptors (Lipinski definition) is 5. The number of hydrogen-bond donors (Lipinski definition) is 1. The Labute approximate surface area is 162 Å². The number of pyridine rings is 1. The summed E-state index contributed by atoms with van der Waals surface area (Å²) < 4.78 is 32.3. The Morgan fingerprint density at radius 2 is 1.96 bits per heavy atom. The van der Waals surface area contributed by atoms with Crippen LogP contribution in [0.3, 0.4) is 0 Å². The van der Waals surface area contributed by atoms with Crippen molar-refractivity contribution in [2.45, 2.75) is 45.1 Å². The van der Waals surface area contributed by atoms with Crippen molar-refractivity contribution in [3.8, 4) is 5.88 Å². The Morgan fingerprint density at radius 1 is 1.32 bits per heavy atom. The van der Waals surface area contributed by atoms with Gasteiger partial charge in [0.15, 0.2) is 0 Å². The molecule has 0 atom stereocenters. The van der Waals surface area contributed by atoms with Crippen molar-refractivity contribution in [3.05, 3.63) is 17.8 Å². The van der Waals surface area contributed by atoms with E-state index in [1.165, 1.54) is 15.9 Å². The first kappa shape index (κ1) is 20.3. The largest absolute Gasteiger partial charge is 0.476 e. The molecule has 28 heavy (non-hydrogen) atoms. The molecule has 1 aliphatic carbocycles. The number of primary amides is 1. The molecule has 0 spiro atoms. The quantitative estimate of drug-likeness (QED) is 0.762. The SMILES string of the molecule is CC(C)(C)N(CC(N)=O)C(=O)c1ccc(N2CC(F)(F)C2)c(OCC2CC2)n1. The molecule has 0 radical (unpaired) electrons. The third-order valence-electron chi connectivity index (χ3n) is 4.77. The van der Waals surface area contributed by atoms with E-state index in [4.69, 9.17) is 10.5 Å². The topological polar surface area (TPSA) is 88.8 Å². The van der Waals surface area contributed by atoms with E-state index in [9.17, 15) is 18.4 Å². The predicted molar refractivity (Wildman–Crippen MR) is 99.6 cm³/mol. The van der Waals surface area contributed by atoms with E-state index in [-0.39, 0.29) is 18.1 Å². The first-order valence-corrected chi connectivity index (χ1v) is 9.33. The zero-order valence-electron chi connectivity index (χ0n) is 16.4. The Balaban J connectivity index is 1.86. The lowest BCUT2D eigenvalue weighted by Gasteiger charge is -2.40. The van der Waals surface area contributed by atoms with Gasteiger partial charge in [0.2, 0.25) is 11.8 Å². The number of ether oxygens (including phenoxy) is 1. The van der Waals surface area contributed by atoms with Crippen LogP contribution in [-0.4, -0.2) is 59.4 Å². The van der Waals surface area contributed by atoms with Gasteiger partial charge < -0.3 is 20.3 Å². The van der Waals surface area contributed by atoms with Crippen molar-refractivity contribution >= 4 is 17.5 Å². The second kappa shape index (κ2) is 7.18. The van der Waals surface area contributed by atoms with Crippen LogP contribution in [0.2, 0.25) is 0 Å². The van der Waals surface area contributed by atoms with Crippen LogP contribution in [0.5, 0.6) is 5.88 Å². The molecule has 2 N–H and O–H groups in total. The lowest BCUT2D eigenvalue weighted by molar-refractivity contribution is -0.119. The number of anilines is 1. The van der Waals surface area contributed by atoms with Crippen LogP contribution >= 0.6 is 0 Å². The van der Waals surface area contributed by atoms with Gasteiger partial charge in [0.25, 0.3) is 11.8 Å². The molecular formula is C19H26F2N4O3. The molecule has 2 aliphatic rings. The molecule has 2 fully saturated rings. The van der Waals surface area contributed by atoms with E-state index in [1.54, 1.807) is 26.8 Å². The number of halogens is 2. The van der Waals surface area contributed by atoms with Crippen LogP contribution in [0.25, 0.3) is 0 Å². The molecule has 1 aromatic heterocycles. The molecule has 7 nitrogen and oxygen atoms in total. The van der Waals surface area contributed by atoms with E-state index in [0.29, 0.717) is 18.2 Å². The third-order valence-corrected chi connectivity index (χ3v) is 4.77. The summed E-state index contributed by atoms with van der Waals surface area (Å²) in [5, 5.41) is 0. The number of carbonyl (C=O) groups is 2. The van der Waals surface area contributed by atoms with Gasteiger partial charge >= 0.3 is 0 Å². The van der Waals surface area contributed by atoms with Crippen molar-refractivity contribution in [2.24, 2.45) is 11.7 Å². The number of rotatable bonds is 7. The summed E-state index contributed by atoms with van der Waals surface area (Å²) in [7, 11) is 0. The molecule has 0 aromatic carbocycles. The maximum absolute atomic E-state index is 13.3. The van der Waals surface area contributed by atoms with Gasteiger partial charge in [-0.2, -0.15) is 0 Å². The summed E-state index contributed by atoms with van der Waals surface area (Å²) in [5.74, 6) is -3.22. The smallest absolute Gasteiger partial charge is 0.282 e. The minimum atomic E-state index is -2.73. The lowest BCUT2D eigenvalue weighted by Crippen LogP contribution is -2.56. The Bertz CT molecular complexity index is 767. The summed E-state index contributed by atoms with van der Waals surface area (Å²) in [4.78, 5) is 31.5. The van der Waals surface area contributed by atoms with Crippen LogP contribution < -0.4 is 15.4 Å². The molecular weight excluding hydrogens is 370 g/mol. The number of amides is 2. The molecule has 154 valence electrons. The molecule has 1 saturated carbocycles. The number of nitrogens with zero attached hydrogens (tertiary/aromatic N) is 3. The Hall–Kier alpha value is -2.45. The summed E-state index contributed by atoms with van der Waals surface area (Å²) >= 11 is 0. The average Bonchev–Trinajstić information content (AvgIpc) is 3.38. The van der Waals surface area contributed by atoms with E-state index < -0.39 is 36.4 Å². The monoisotopic (exact) mass is 396 g/mol. The molecule has 1 aliphatic heterocycles. The maximum atomic E-state index is 13.3. The first-order valence-electron chi connectivity index (χ1n) is 9.33. The zero-order valence-corrected chi connectivity index (χ0v) is 16.4. The van der Waals surface area contributed by atoms with Gasteiger partial charge in [0, 0.05) is 5.54 Å². The molecule has 2 heterocycles. The third kappa shape index (κ3) is 4.69. The summed E-state index contributed by atoms with van der Waals surface area (Å²) in [5.41, 5.74) is 5.16. The number of alkyl halides is 2. The predicted octanol–water partition coefficient (Wildman–Crippen LogP) is 2.05. The van der Waals surface area contributed by atoms with Crippen LogP contribution in [0.4, 0.5) is 14.5 Å². The van der Waals surface area contributed by atoms with Gasteiger partial charge in [-0.15, -0.1) is 0 Å². The molecule has 1 aromatic rings. The zero-order chi connectivity index (χ0) is 20.7. The summed E-state index contributed by atoms with van der Waals surface area (Å²) in [6, 6.07) is 3.04. The summed E-state index contributed by atoms with van der Waals surface area (Å²) in [6.45, 7) is 4.74. The Morgan fingerprint density at radius 3 is 2.46 bits per heavy atom. The second-order valence-electron chi connectivity index (χ2n) is 8.52. The van der Waals surface area contributed by atoms with Crippen LogP contribution in [0.1, 0.15) is 44.1 Å². The molecule has 3 rings (SSSR count). The minimum absolute atomic E-state index is 0.0815. The standard InChI is InChI=1S/C19H26F2N4O3/c1-18(2,3)25(8-15(22)26)17(27)13-6-7-14(24-10-19(20,21)11-24)16(23-13)28-9-12-4-5-12/h6-7,12H,4-5,8-11H2,1-3H3,(H2,22,26). The van der Waals surface area contributed by atoms with Crippen LogP contribution in [-0.2, 0) is 4.79 Å². The highest BCUT2D eigenvalue weighted by molar-refractivity contribution is 5.95. The highest BCUT2D eigenvalue weighted by Crippen LogP contribution is 2.38. The van der Waals surface area contributed by atoms with E-state index >= 15 is 0 Å². The summed E-state index contributed by atoms with van der Waals surface area (Å²) in [6.07, 6.45) is 2.12. The van der Waals surface area contributed by atoms with Gasteiger partial charge in [-0.1, -0.05) is 0 Å². The second-order valence-corrected chi connectivity index (χ2v) is 8.52. The fourth-order valence-electron chi connectivity index (χ4n) is 2.97. The van der Waals surface area contributed by atoms with E-state index in [1.807, 2.05) is 0 Å². The van der Waals surface area contributed by atoms with E-state index in [2.05, 4.69) is 4.98 Å². The number of nitrogens with two attached hydrogens (primary N) is 1. The van der Waals surface area contributed by atoms with Crippen LogP contribution in [0, 0.1) is 5.92 Å². The fraction of sp³-hybridized carbons (Fsp3) is 0.632. The maximum Gasteiger partial charge on any atom is 0.282 e. The van der Waals surface area contributed by atoms with Gasteiger partial charge in [0.05, 0.1) is 19.7 Å². The van der Waals surface area contributed by atoms with Crippen molar-refractivity contribution in [1.29, 1.82) is 0 Å². The fourth-order valence-corrected chi connectivity index (χ4v) is 2.97. The van der Waals surface area contributed by atoms with Crippen molar-refractivity contribution < 1.29 is 23.1 Å². The van der Waals surface area contributed by atoms with Gasteiger partial charge in [-0.3, -0.25) is 9.59 Å². The molecule has 2 amide bonds. The minimum Gasteiger partial charge on any atom is -0.476 e. The van der Waals surface area contributed by atoms with Crippen molar-refractivity contribution in [2.75, 3.05) is 31.1 Å². The normalized spacial score (nSPS) is 18.4. The van der Waals surface area contributed by atoms with Gasteiger partial charge in [-0.05, 0) is 51.7 Å². The van der Waals surface area contributed by atoms with Gasteiger partial charge in [0.1, 0.15) is 17.9 Å². The number of carbonyl (C=O) groups excluding carboxylic acids is 2. The molecule has 0 unspecified atom stereocenters. The van der Waals surface area contributed by atoms with Crippen molar-refractivity contribution in [3.63, 3.8) is 0 Å². The highest BCUT2D eigenvalue weighted by Gasteiger charge is 2.45. The molecule has 9 heteroatoms. The Kier molecular flexibility index (Phi) is 5.20. The van der Waals surface area contributed by atoms with Gasteiger partial charge in [-0.25, -0.2) is 13.8 Å². The first-order chi connectivity index (χ1) is 13.0. The average molecular weight is 396 g/mol.